The predicted molar refractivity (Wildman–Crippen MR) is 85.6 cm³/mol. The van der Waals surface area contributed by atoms with Crippen LogP contribution in [0.25, 0.3) is 0 Å². The minimum absolute atomic E-state index is 0.198. The summed E-state index contributed by atoms with van der Waals surface area (Å²) in [7, 11) is 5.70. The Morgan fingerprint density at radius 1 is 1.25 bits per heavy atom. The van der Waals surface area contributed by atoms with E-state index in [0.29, 0.717) is 18.9 Å². The molecule has 0 heterocycles. The third kappa shape index (κ3) is 7.15. The lowest BCUT2D eigenvalue weighted by Gasteiger charge is -2.24. The highest BCUT2D eigenvalue weighted by atomic mass is 16.5. The van der Waals surface area contributed by atoms with Crippen molar-refractivity contribution in [1.29, 1.82) is 0 Å². The van der Waals surface area contributed by atoms with Gasteiger partial charge in [-0.05, 0) is 26.9 Å². The fourth-order valence-electron chi connectivity index (χ4n) is 2.10. The molecule has 0 aromatic heterocycles. The van der Waals surface area contributed by atoms with Crippen LogP contribution in [-0.4, -0.2) is 56.8 Å². The maximum Gasteiger partial charge on any atom is 0.146 e. The third-order valence-corrected chi connectivity index (χ3v) is 3.28. The van der Waals surface area contributed by atoms with E-state index in [2.05, 4.69) is 25.7 Å². The number of Topliss-reactive ketones (excluding diaryl/α,β-unsaturated/α-hetero) is 1. The van der Waals surface area contributed by atoms with Gasteiger partial charge in [-0.25, -0.2) is 0 Å². The average molecular weight is 284 g/mol. The second-order valence-corrected chi connectivity index (χ2v) is 6.80. The van der Waals surface area contributed by atoms with Gasteiger partial charge in [-0.1, -0.05) is 27.7 Å². The maximum absolute atomic E-state index is 12.4. The van der Waals surface area contributed by atoms with E-state index in [-0.39, 0.29) is 11.8 Å². The first-order chi connectivity index (χ1) is 9.10. The Morgan fingerprint density at radius 2 is 1.80 bits per heavy atom. The molecule has 0 spiro atoms. The lowest BCUT2D eigenvalue weighted by Crippen LogP contribution is -2.32. The molecule has 1 atom stereocenters. The van der Waals surface area contributed by atoms with Crippen LogP contribution in [0.4, 0.5) is 0 Å². The van der Waals surface area contributed by atoms with E-state index in [4.69, 9.17) is 9.73 Å². The summed E-state index contributed by atoms with van der Waals surface area (Å²) < 4.78 is 5.14. The van der Waals surface area contributed by atoms with Crippen molar-refractivity contribution in [2.24, 2.45) is 16.3 Å². The first-order valence-electron chi connectivity index (χ1n) is 7.33. The smallest absolute Gasteiger partial charge is 0.146 e. The number of hydrogen-bond donors (Lipinski definition) is 0. The number of ether oxygens (including phenoxy) is 1. The van der Waals surface area contributed by atoms with Gasteiger partial charge in [0.15, 0.2) is 0 Å². The SMILES string of the molecule is COCC(C)(C)C(=O)C/C(=N/C(C)CN(C)C)C(C)C. The number of aliphatic imine (C=N–C) groups is 1. The van der Waals surface area contributed by atoms with Gasteiger partial charge in [0.2, 0.25) is 0 Å². The Bertz CT molecular complexity index is 333. The molecule has 0 saturated heterocycles. The summed E-state index contributed by atoms with van der Waals surface area (Å²) in [4.78, 5) is 19.3. The standard InChI is InChI=1S/C16H32N2O2/c1-12(2)14(17-13(3)10-18(6)7)9-15(19)16(4,5)11-20-8/h12-13H,9-11H2,1-8H3/b17-14-. The van der Waals surface area contributed by atoms with Crippen molar-refractivity contribution in [3.63, 3.8) is 0 Å². The summed E-state index contributed by atoms with van der Waals surface area (Å²) in [5.41, 5.74) is 0.545. The van der Waals surface area contributed by atoms with Gasteiger partial charge >= 0.3 is 0 Å². The molecule has 4 nitrogen and oxygen atoms in total. The monoisotopic (exact) mass is 284 g/mol. The molecule has 0 aliphatic heterocycles. The minimum Gasteiger partial charge on any atom is -0.384 e. The number of ketones is 1. The van der Waals surface area contributed by atoms with Gasteiger partial charge in [-0.15, -0.1) is 0 Å². The van der Waals surface area contributed by atoms with Crippen LogP contribution in [0, 0.1) is 11.3 Å². The highest BCUT2D eigenvalue weighted by molar-refractivity contribution is 6.04. The molecule has 0 fully saturated rings. The van der Waals surface area contributed by atoms with E-state index in [1.54, 1.807) is 7.11 Å². The molecule has 118 valence electrons. The van der Waals surface area contributed by atoms with Gasteiger partial charge in [0.1, 0.15) is 5.78 Å². The summed E-state index contributed by atoms with van der Waals surface area (Å²) in [6.45, 7) is 11.5. The average Bonchev–Trinajstić information content (AvgIpc) is 2.26. The molecule has 0 N–H and O–H groups in total. The van der Waals surface area contributed by atoms with Gasteiger partial charge in [-0.3, -0.25) is 9.79 Å². The molecule has 4 heteroatoms. The van der Waals surface area contributed by atoms with Crippen molar-refractivity contribution < 1.29 is 9.53 Å². The summed E-state index contributed by atoms with van der Waals surface area (Å²) >= 11 is 0. The summed E-state index contributed by atoms with van der Waals surface area (Å²) in [5, 5.41) is 0. The molecular formula is C16H32N2O2. The fraction of sp³-hybridized carbons (Fsp3) is 0.875. The van der Waals surface area contributed by atoms with E-state index in [1.807, 2.05) is 27.9 Å². The number of rotatable bonds is 9. The Balaban J connectivity index is 4.87. The fourth-order valence-corrected chi connectivity index (χ4v) is 2.10. The first-order valence-corrected chi connectivity index (χ1v) is 7.33. The molecule has 0 aliphatic rings. The molecule has 1 unspecified atom stereocenters. The largest absolute Gasteiger partial charge is 0.384 e. The minimum atomic E-state index is -0.449. The topological polar surface area (TPSA) is 41.9 Å². The van der Waals surface area contributed by atoms with Crippen LogP contribution >= 0.6 is 0 Å². The van der Waals surface area contributed by atoms with Crippen LogP contribution in [0.1, 0.15) is 41.0 Å². The van der Waals surface area contributed by atoms with Gasteiger partial charge in [0, 0.05) is 31.2 Å². The number of likely N-dealkylation sites (N-methyl/N-ethyl adjacent to an activating group) is 1. The zero-order valence-corrected chi connectivity index (χ0v) is 14.5. The molecule has 0 radical (unpaired) electrons. The summed E-state index contributed by atoms with van der Waals surface area (Å²) in [5.74, 6) is 0.491. The molecule has 0 aromatic rings. The highest BCUT2D eigenvalue weighted by Crippen LogP contribution is 2.20. The Labute approximate surface area is 124 Å². The Kier molecular flexibility index (Phi) is 8.21. The number of nitrogens with zero attached hydrogens (tertiary/aromatic N) is 2. The Hall–Kier alpha value is -0.740. The molecular weight excluding hydrogens is 252 g/mol. The van der Waals surface area contributed by atoms with Crippen molar-refractivity contribution in [2.75, 3.05) is 34.4 Å². The van der Waals surface area contributed by atoms with Crippen molar-refractivity contribution in [2.45, 2.75) is 47.1 Å². The van der Waals surface area contributed by atoms with Crippen molar-refractivity contribution >= 4 is 11.5 Å². The highest BCUT2D eigenvalue weighted by Gasteiger charge is 2.29. The quantitative estimate of drug-likeness (QED) is 0.611. The summed E-state index contributed by atoms with van der Waals surface area (Å²) in [6.07, 6.45) is 0.422. The molecule has 0 rings (SSSR count). The Morgan fingerprint density at radius 3 is 2.20 bits per heavy atom. The van der Waals surface area contributed by atoms with Crippen molar-refractivity contribution in [3.8, 4) is 0 Å². The van der Waals surface area contributed by atoms with E-state index in [9.17, 15) is 4.79 Å². The van der Waals surface area contributed by atoms with Gasteiger partial charge in [0.25, 0.3) is 0 Å². The lowest BCUT2D eigenvalue weighted by molar-refractivity contribution is -0.128. The number of carbonyl (C=O) groups excluding carboxylic acids is 1. The van der Waals surface area contributed by atoms with Crippen LogP contribution in [0.15, 0.2) is 4.99 Å². The van der Waals surface area contributed by atoms with Crippen molar-refractivity contribution in [3.05, 3.63) is 0 Å². The second-order valence-electron chi connectivity index (χ2n) is 6.80. The molecule has 0 saturated carbocycles. The predicted octanol–water partition coefficient (Wildman–Crippen LogP) is 2.67. The van der Waals surface area contributed by atoms with Crippen molar-refractivity contribution in [1.82, 2.24) is 4.90 Å². The van der Waals surface area contributed by atoms with Crippen LogP contribution < -0.4 is 0 Å². The second kappa shape index (κ2) is 8.53. The van der Waals surface area contributed by atoms with Gasteiger partial charge < -0.3 is 9.64 Å². The van der Waals surface area contributed by atoms with Gasteiger partial charge in [-0.2, -0.15) is 0 Å². The van der Waals surface area contributed by atoms with E-state index < -0.39 is 5.41 Å². The number of carbonyl (C=O) groups is 1. The normalized spacial score (nSPS) is 15.0. The van der Waals surface area contributed by atoms with Crippen LogP contribution in [0.2, 0.25) is 0 Å². The molecule has 20 heavy (non-hydrogen) atoms. The molecule has 0 bridgehead atoms. The maximum atomic E-state index is 12.4. The van der Waals surface area contributed by atoms with Crippen LogP contribution in [0.3, 0.4) is 0 Å². The van der Waals surface area contributed by atoms with Gasteiger partial charge in [0.05, 0.1) is 12.6 Å². The van der Waals surface area contributed by atoms with Crippen LogP contribution in [-0.2, 0) is 9.53 Å². The number of methoxy groups -OCH3 is 1. The van der Waals surface area contributed by atoms with E-state index in [0.717, 1.165) is 12.3 Å². The molecule has 0 aliphatic carbocycles. The molecule has 0 aromatic carbocycles. The molecule has 0 amide bonds. The zero-order chi connectivity index (χ0) is 15.9. The summed E-state index contributed by atoms with van der Waals surface area (Å²) in [6, 6.07) is 0.209. The zero-order valence-electron chi connectivity index (χ0n) is 14.5. The van der Waals surface area contributed by atoms with E-state index in [1.165, 1.54) is 0 Å². The number of hydrogen-bond acceptors (Lipinski definition) is 4. The lowest BCUT2D eigenvalue weighted by atomic mass is 9.84. The van der Waals surface area contributed by atoms with Crippen LogP contribution in [0.5, 0.6) is 0 Å². The third-order valence-electron chi connectivity index (χ3n) is 3.28. The van der Waals surface area contributed by atoms with E-state index >= 15 is 0 Å². The first kappa shape index (κ1) is 19.3.